The fraction of sp³-hybridized carbons (Fsp3) is 0.333. The van der Waals surface area contributed by atoms with Crippen molar-refractivity contribution in [1.82, 2.24) is 25.1 Å². The Kier molecular flexibility index (Phi) is 6.61. The van der Waals surface area contributed by atoms with E-state index in [9.17, 15) is 19.1 Å². The third-order valence-electron chi connectivity index (χ3n) is 5.96. The highest BCUT2D eigenvalue weighted by Gasteiger charge is 2.49. The molecule has 1 aliphatic heterocycles. The zero-order chi connectivity index (χ0) is 27.9. The first-order chi connectivity index (χ1) is 18.5. The first-order valence-electron chi connectivity index (χ1n) is 11.9. The van der Waals surface area contributed by atoms with Crippen LogP contribution in [0.3, 0.4) is 0 Å². The number of hydrogen-bond acceptors (Lipinski definition) is 11. The third kappa shape index (κ3) is 4.96. The van der Waals surface area contributed by atoms with Crippen LogP contribution in [0.1, 0.15) is 20.8 Å². The number of ether oxygens (including phenoxy) is 2. The van der Waals surface area contributed by atoms with Gasteiger partial charge >= 0.3 is 0 Å². The monoisotopic (exact) mass is 540 g/mol. The molecule has 4 aromatic rings. The van der Waals surface area contributed by atoms with Crippen LogP contribution < -0.4 is 20.7 Å². The number of morpholine rings is 1. The minimum atomic E-state index is -2.33. The Morgan fingerprint density at radius 2 is 2.15 bits per heavy atom. The molecular weight excluding hydrogens is 515 g/mol. The van der Waals surface area contributed by atoms with Gasteiger partial charge in [-0.3, -0.25) is 14.5 Å². The predicted octanol–water partition coefficient (Wildman–Crippen LogP) is 1.43. The van der Waals surface area contributed by atoms with Crippen molar-refractivity contribution in [3.63, 3.8) is 0 Å². The molecule has 0 aliphatic carbocycles. The minimum Gasteiger partial charge on any atom is -0.474 e. The molecule has 1 unspecified atom stereocenters. The van der Waals surface area contributed by atoms with Crippen molar-refractivity contribution in [3.8, 4) is 11.6 Å². The van der Waals surface area contributed by atoms with Gasteiger partial charge in [0.2, 0.25) is 5.88 Å². The molecule has 0 saturated carbocycles. The van der Waals surface area contributed by atoms with E-state index >= 15 is 0 Å². The molecule has 0 radical (unpaired) electrons. The zero-order valence-electron chi connectivity index (χ0n) is 21.2. The summed E-state index contributed by atoms with van der Waals surface area (Å²) in [6.45, 7) is 5.01. The molecule has 1 aliphatic rings. The Labute approximate surface area is 220 Å². The molecular formula is C24H25FN8O6. The van der Waals surface area contributed by atoms with Gasteiger partial charge in [0, 0.05) is 30.1 Å². The smallest absolute Gasteiger partial charge is 0.260 e. The highest BCUT2D eigenvalue weighted by molar-refractivity contribution is 6.06. The number of hydrogen-bond donors (Lipinski definition) is 3. The van der Waals surface area contributed by atoms with Crippen molar-refractivity contribution < 1.29 is 33.1 Å². The summed E-state index contributed by atoms with van der Waals surface area (Å²) in [4.78, 5) is 27.7. The Morgan fingerprint density at radius 1 is 1.36 bits per heavy atom. The summed E-state index contributed by atoms with van der Waals surface area (Å²) in [5.74, 6) is -2.02. The maximum absolute atomic E-state index is 14.4. The van der Waals surface area contributed by atoms with Crippen LogP contribution in [0.4, 0.5) is 21.7 Å². The topological polar surface area (TPSA) is 184 Å². The number of anilines is 3. The SMILES string of the molecule is CC(C)Oc1cc(-n2ccc(N3CCO[C@H](C(C)(O)C(=O)Nc4cc(F)c5c(N)noc5c4)C3=O)n2)cnn1. The van der Waals surface area contributed by atoms with Crippen molar-refractivity contribution in [2.24, 2.45) is 0 Å². The van der Waals surface area contributed by atoms with Crippen LogP contribution in [0.2, 0.25) is 0 Å². The molecule has 4 heterocycles. The van der Waals surface area contributed by atoms with Gasteiger partial charge in [-0.05, 0) is 26.8 Å². The molecule has 2 amide bonds. The van der Waals surface area contributed by atoms with E-state index in [-0.39, 0.29) is 47.5 Å². The molecule has 14 nitrogen and oxygen atoms in total. The van der Waals surface area contributed by atoms with Crippen LogP contribution in [-0.4, -0.2) is 73.0 Å². The minimum absolute atomic E-state index is 0.00137. The van der Waals surface area contributed by atoms with Crippen LogP contribution in [-0.2, 0) is 14.3 Å². The second-order valence-corrected chi connectivity index (χ2v) is 9.28. The zero-order valence-corrected chi connectivity index (χ0v) is 21.2. The van der Waals surface area contributed by atoms with Gasteiger partial charge in [-0.25, -0.2) is 9.07 Å². The number of nitrogens with two attached hydrogens (primary N) is 1. The van der Waals surface area contributed by atoms with Gasteiger partial charge in [0.1, 0.15) is 11.2 Å². The molecule has 15 heteroatoms. The molecule has 1 fully saturated rings. The summed E-state index contributed by atoms with van der Waals surface area (Å²) in [6.07, 6.45) is 1.43. The summed E-state index contributed by atoms with van der Waals surface area (Å²) in [5, 5.41) is 29.2. The molecule has 204 valence electrons. The number of rotatable bonds is 7. The summed E-state index contributed by atoms with van der Waals surface area (Å²) < 4.78 is 32.0. The summed E-state index contributed by atoms with van der Waals surface area (Å²) in [5.41, 5.74) is 3.77. The Balaban J connectivity index is 1.33. The summed E-state index contributed by atoms with van der Waals surface area (Å²) in [6, 6.07) is 5.54. The van der Waals surface area contributed by atoms with Gasteiger partial charge in [0.05, 0.1) is 31.1 Å². The number of fused-ring (bicyclic) bond motifs is 1. The van der Waals surface area contributed by atoms with Gasteiger partial charge in [0.25, 0.3) is 11.8 Å². The molecule has 1 aromatic carbocycles. The van der Waals surface area contributed by atoms with Gasteiger partial charge in [-0.2, -0.15) is 5.10 Å². The second-order valence-electron chi connectivity index (χ2n) is 9.28. The quantitative estimate of drug-likeness (QED) is 0.308. The van der Waals surface area contributed by atoms with Crippen molar-refractivity contribution in [2.45, 2.75) is 38.6 Å². The summed E-state index contributed by atoms with van der Waals surface area (Å²) >= 11 is 0. The Bertz CT molecular complexity index is 1550. The highest BCUT2D eigenvalue weighted by Crippen LogP contribution is 2.29. The molecule has 0 spiro atoms. The number of halogens is 1. The number of amides is 2. The Morgan fingerprint density at radius 3 is 2.92 bits per heavy atom. The van der Waals surface area contributed by atoms with Gasteiger partial charge in [0.15, 0.2) is 28.9 Å². The third-order valence-corrected chi connectivity index (χ3v) is 5.96. The Hall–Kier alpha value is -4.63. The van der Waals surface area contributed by atoms with E-state index in [0.717, 1.165) is 13.0 Å². The van der Waals surface area contributed by atoms with Crippen molar-refractivity contribution in [3.05, 3.63) is 42.5 Å². The van der Waals surface area contributed by atoms with Crippen molar-refractivity contribution in [1.29, 1.82) is 0 Å². The summed E-state index contributed by atoms with van der Waals surface area (Å²) in [7, 11) is 0. The van der Waals surface area contributed by atoms with Crippen LogP contribution in [0.25, 0.3) is 16.7 Å². The second kappa shape index (κ2) is 9.92. The lowest BCUT2D eigenvalue weighted by Gasteiger charge is -2.37. The van der Waals surface area contributed by atoms with E-state index in [2.05, 4.69) is 25.8 Å². The van der Waals surface area contributed by atoms with Gasteiger partial charge in [-0.1, -0.05) is 5.16 Å². The number of benzene rings is 1. The maximum atomic E-state index is 14.4. The van der Waals surface area contributed by atoms with E-state index < -0.39 is 29.3 Å². The average Bonchev–Trinajstić information content (AvgIpc) is 3.51. The number of carbonyl (C=O) groups is 2. The number of aliphatic hydroxyl groups is 1. The molecule has 1 saturated heterocycles. The largest absolute Gasteiger partial charge is 0.474 e. The van der Waals surface area contributed by atoms with Gasteiger partial charge < -0.3 is 30.2 Å². The van der Waals surface area contributed by atoms with Crippen LogP contribution in [0.5, 0.6) is 5.88 Å². The molecule has 5 rings (SSSR count). The number of nitrogens with one attached hydrogen (secondary N) is 1. The van der Waals surface area contributed by atoms with E-state index in [4.69, 9.17) is 19.7 Å². The molecule has 0 bridgehead atoms. The fourth-order valence-corrected chi connectivity index (χ4v) is 4.07. The standard InChI is InChI=1S/C24H25FN8O6/c1-12(2)38-18-10-14(11-27-29-18)33-5-4-17(30-33)32-6-7-37-20(22(32)34)24(3,36)23(35)28-13-8-15(25)19-16(9-13)39-31-21(19)26/h4-5,8-12,20,36H,6-7H2,1-3H3,(H2,26,31)(H,28,35)/t20-,24?/m0/s1. The van der Waals surface area contributed by atoms with Crippen LogP contribution in [0, 0.1) is 5.82 Å². The highest BCUT2D eigenvalue weighted by atomic mass is 19.1. The number of carbonyl (C=O) groups excluding carboxylic acids is 2. The van der Waals surface area contributed by atoms with E-state index in [1.807, 2.05) is 13.8 Å². The molecule has 4 N–H and O–H groups in total. The molecule has 2 atom stereocenters. The van der Waals surface area contributed by atoms with Crippen LogP contribution >= 0.6 is 0 Å². The van der Waals surface area contributed by atoms with E-state index in [0.29, 0.717) is 11.6 Å². The van der Waals surface area contributed by atoms with Crippen LogP contribution in [0.15, 0.2) is 41.2 Å². The van der Waals surface area contributed by atoms with Crippen molar-refractivity contribution in [2.75, 3.05) is 29.1 Å². The number of aromatic nitrogens is 5. The first-order valence-corrected chi connectivity index (χ1v) is 11.9. The lowest BCUT2D eigenvalue weighted by Crippen LogP contribution is -2.61. The van der Waals surface area contributed by atoms with Gasteiger partial charge in [-0.15, -0.1) is 10.2 Å². The predicted molar refractivity (Wildman–Crippen MR) is 135 cm³/mol. The average molecular weight is 541 g/mol. The lowest BCUT2D eigenvalue weighted by atomic mass is 9.95. The molecule has 39 heavy (non-hydrogen) atoms. The normalized spacial score (nSPS) is 17.4. The van der Waals surface area contributed by atoms with E-state index in [1.54, 1.807) is 18.3 Å². The number of nitrogens with zero attached hydrogens (tertiary/aromatic N) is 6. The van der Waals surface area contributed by atoms with Crippen molar-refractivity contribution >= 4 is 40.1 Å². The van der Waals surface area contributed by atoms with E-state index in [1.165, 1.54) is 21.8 Å². The molecule has 3 aromatic heterocycles. The number of nitrogen functional groups attached to an aromatic ring is 1. The first kappa shape index (κ1) is 26.0. The lowest BCUT2D eigenvalue weighted by molar-refractivity contribution is -0.165. The maximum Gasteiger partial charge on any atom is 0.260 e. The fourth-order valence-electron chi connectivity index (χ4n) is 4.07.